The van der Waals surface area contributed by atoms with E-state index in [9.17, 15) is 22.8 Å². The summed E-state index contributed by atoms with van der Waals surface area (Å²) in [5, 5.41) is 3.77. The molecule has 0 spiro atoms. The summed E-state index contributed by atoms with van der Waals surface area (Å²) in [6.45, 7) is 2.31. The van der Waals surface area contributed by atoms with Crippen LogP contribution in [0.4, 0.5) is 18.0 Å². The molecule has 0 radical (unpaired) electrons. The molecule has 10 heteroatoms. The van der Waals surface area contributed by atoms with Crippen molar-refractivity contribution in [2.45, 2.75) is 32.7 Å². The maximum absolute atomic E-state index is 12.7. The fourth-order valence-corrected chi connectivity index (χ4v) is 2.13. The zero-order valence-electron chi connectivity index (χ0n) is 14.2. The van der Waals surface area contributed by atoms with Gasteiger partial charge in [0.25, 0.3) is 6.10 Å². The van der Waals surface area contributed by atoms with Gasteiger partial charge in [0.05, 0.1) is 0 Å². The van der Waals surface area contributed by atoms with Crippen LogP contribution < -0.4 is 0 Å². The number of benzene rings is 1. The van der Waals surface area contributed by atoms with Gasteiger partial charge in [-0.3, -0.25) is 4.79 Å². The molecule has 26 heavy (non-hydrogen) atoms. The molecule has 7 nitrogen and oxygen atoms in total. The van der Waals surface area contributed by atoms with Gasteiger partial charge in [-0.05, 0) is 18.6 Å². The van der Waals surface area contributed by atoms with E-state index in [0.717, 1.165) is 4.90 Å². The molecule has 2 aromatic rings. The van der Waals surface area contributed by atoms with E-state index in [4.69, 9.17) is 4.52 Å². The molecule has 1 aromatic carbocycles. The molecule has 1 heterocycles. The normalized spacial score (nSPS) is 12.5. The number of halogens is 3. The van der Waals surface area contributed by atoms with E-state index in [1.54, 1.807) is 31.2 Å². The number of ketones is 1. The molecule has 140 valence electrons. The number of aromatic nitrogens is 2. The van der Waals surface area contributed by atoms with Crippen molar-refractivity contribution < 1.29 is 32.0 Å². The number of carbonyl (C=O) groups excluding carboxylic acids is 2. The van der Waals surface area contributed by atoms with Gasteiger partial charge in [-0.15, -0.1) is 0 Å². The highest BCUT2D eigenvalue weighted by Gasteiger charge is 2.46. The Morgan fingerprint density at radius 1 is 1.35 bits per heavy atom. The lowest BCUT2D eigenvalue weighted by atomic mass is 10.1. The molecule has 0 aliphatic heterocycles. The Labute approximate surface area is 146 Å². The highest BCUT2D eigenvalue weighted by Crippen LogP contribution is 2.24. The minimum absolute atomic E-state index is 0.0357. The van der Waals surface area contributed by atoms with Crippen LogP contribution in [0.25, 0.3) is 11.4 Å². The SMILES string of the molecule is CC(=O)C(OC(=O)N(C)Cc1cccc(-c2noc(C)n2)c1)C(F)(F)F. The van der Waals surface area contributed by atoms with E-state index in [1.165, 1.54) is 7.05 Å². The molecule has 1 amide bonds. The molecule has 0 fully saturated rings. The van der Waals surface area contributed by atoms with E-state index in [2.05, 4.69) is 14.9 Å². The largest absolute Gasteiger partial charge is 0.432 e. The predicted octanol–water partition coefficient (Wildman–Crippen LogP) is 3.13. The smallest absolute Gasteiger partial charge is 0.428 e. The number of Topliss-reactive ketones (excluding diaryl/α,β-unsaturated/α-hetero) is 1. The lowest BCUT2D eigenvalue weighted by molar-refractivity contribution is -0.204. The minimum Gasteiger partial charge on any atom is -0.428 e. The van der Waals surface area contributed by atoms with Crippen LogP contribution >= 0.6 is 0 Å². The number of rotatable bonds is 5. The average molecular weight is 371 g/mol. The molecule has 0 N–H and O–H groups in total. The quantitative estimate of drug-likeness (QED) is 0.803. The summed E-state index contributed by atoms with van der Waals surface area (Å²) in [6.07, 6.45) is -9.01. The van der Waals surface area contributed by atoms with Gasteiger partial charge < -0.3 is 14.2 Å². The first kappa shape index (κ1) is 19.4. The summed E-state index contributed by atoms with van der Waals surface area (Å²) >= 11 is 0. The summed E-state index contributed by atoms with van der Waals surface area (Å²) in [5.74, 6) is -0.564. The summed E-state index contributed by atoms with van der Waals surface area (Å²) in [5.41, 5.74) is 1.23. The molecule has 0 aliphatic carbocycles. The molecule has 1 unspecified atom stereocenters. The standard InChI is InChI=1S/C16H16F3N3O4/c1-9(23)13(16(17,18)19)25-15(24)22(3)8-11-5-4-6-12(7-11)14-20-10(2)26-21-14/h4-7,13H,8H2,1-3H3. The van der Waals surface area contributed by atoms with E-state index in [1.807, 2.05) is 0 Å². The fourth-order valence-electron chi connectivity index (χ4n) is 2.13. The van der Waals surface area contributed by atoms with Crippen molar-refractivity contribution in [3.8, 4) is 11.4 Å². The average Bonchev–Trinajstić information content (AvgIpc) is 2.97. The summed E-state index contributed by atoms with van der Waals surface area (Å²) in [4.78, 5) is 28.0. The Balaban J connectivity index is 2.08. The molecular formula is C16H16F3N3O4. The van der Waals surface area contributed by atoms with Crippen molar-refractivity contribution in [2.75, 3.05) is 7.05 Å². The number of amides is 1. The van der Waals surface area contributed by atoms with Crippen LogP contribution in [0.15, 0.2) is 28.8 Å². The van der Waals surface area contributed by atoms with Gasteiger partial charge in [0, 0.05) is 26.1 Å². The minimum atomic E-state index is -4.96. The lowest BCUT2D eigenvalue weighted by Crippen LogP contribution is -2.42. The first-order chi connectivity index (χ1) is 12.1. The maximum Gasteiger partial charge on any atom is 0.432 e. The van der Waals surface area contributed by atoms with E-state index >= 15 is 0 Å². The van der Waals surface area contributed by atoms with Gasteiger partial charge in [0.2, 0.25) is 11.7 Å². The van der Waals surface area contributed by atoms with Crippen LogP contribution in [-0.4, -0.2) is 46.2 Å². The molecule has 0 saturated carbocycles. The van der Waals surface area contributed by atoms with Crippen molar-refractivity contribution in [3.05, 3.63) is 35.7 Å². The second-order valence-corrected chi connectivity index (χ2v) is 5.61. The second kappa shape index (κ2) is 7.54. The zero-order valence-corrected chi connectivity index (χ0v) is 14.2. The number of ether oxygens (including phenoxy) is 1. The molecule has 0 bridgehead atoms. The van der Waals surface area contributed by atoms with E-state index in [0.29, 0.717) is 29.8 Å². The van der Waals surface area contributed by atoms with Crippen molar-refractivity contribution in [3.63, 3.8) is 0 Å². The number of alkyl halides is 3. The first-order valence-electron chi connectivity index (χ1n) is 7.46. The fraction of sp³-hybridized carbons (Fsp3) is 0.375. The molecule has 1 aromatic heterocycles. The zero-order chi connectivity index (χ0) is 19.5. The summed E-state index contributed by atoms with van der Waals surface area (Å²) in [7, 11) is 1.26. The molecule has 0 aliphatic rings. The highest BCUT2D eigenvalue weighted by atomic mass is 19.4. The topological polar surface area (TPSA) is 85.5 Å². The maximum atomic E-state index is 12.7. The van der Waals surface area contributed by atoms with E-state index in [-0.39, 0.29) is 6.54 Å². The van der Waals surface area contributed by atoms with Gasteiger partial charge in [-0.2, -0.15) is 18.2 Å². The number of nitrogens with zero attached hydrogens (tertiary/aromatic N) is 3. The predicted molar refractivity (Wildman–Crippen MR) is 82.9 cm³/mol. The van der Waals surface area contributed by atoms with Crippen LogP contribution in [0.3, 0.4) is 0 Å². The van der Waals surface area contributed by atoms with Crippen LogP contribution in [0.5, 0.6) is 0 Å². The highest BCUT2D eigenvalue weighted by molar-refractivity contribution is 5.84. The van der Waals surface area contributed by atoms with Crippen molar-refractivity contribution in [1.82, 2.24) is 15.0 Å². The van der Waals surface area contributed by atoms with Crippen molar-refractivity contribution >= 4 is 11.9 Å². The van der Waals surface area contributed by atoms with Crippen LogP contribution in [0.2, 0.25) is 0 Å². The van der Waals surface area contributed by atoms with Crippen molar-refractivity contribution in [2.24, 2.45) is 0 Å². The Bertz CT molecular complexity index is 804. The van der Waals surface area contributed by atoms with Gasteiger partial charge in [-0.25, -0.2) is 4.79 Å². The van der Waals surface area contributed by atoms with Gasteiger partial charge in [0.15, 0.2) is 5.78 Å². The molecular weight excluding hydrogens is 355 g/mol. The Kier molecular flexibility index (Phi) is 5.63. The second-order valence-electron chi connectivity index (χ2n) is 5.61. The molecule has 1 atom stereocenters. The summed E-state index contributed by atoms with van der Waals surface area (Å²) < 4.78 is 47.4. The van der Waals surface area contributed by atoms with Gasteiger partial charge in [-0.1, -0.05) is 23.4 Å². The van der Waals surface area contributed by atoms with Gasteiger partial charge in [0.1, 0.15) is 0 Å². The monoisotopic (exact) mass is 371 g/mol. The number of hydrogen-bond acceptors (Lipinski definition) is 6. The third-order valence-electron chi connectivity index (χ3n) is 3.33. The lowest BCUT2D eigenvalue weighted by Gasteiger charge is -2.22. The number of carbonyl (C=O) groups is 2. The molecule has 2 rings (SSSR count). The van der Waals surface area contributed by atoms with Crippen LogP contribution in [0.1, 0.15) is 18.4 Å². The van der Waals surface area contributed by atoms with Gasteiger partial charge >= 0.3 is 12.3 Å². The summed E-state index contributed by atoms with van der Waals surface area (Å²) in [6, 6.07) is 6.75. The third kappa shape index (κ3) is 4.80. The Morgan fingerprint density at radius 3 is 2.58 bits per heavy atom. The first-order valence-corrected chi connectivity index (χ1v) is 7.46. The van der Waals surface area contributed by atoms with Crippen LogP contribution in [-0.2, 0) is 16.1 Å². The number of hydrogen-bond donors (Lipinski definition) is 0. The Hall–Kier alpha value is -2.91. The molecule has 0 saturated heterocycles. The third-order valence-corrected chi connectivity index (χ3v) is 3.33. The number of aryl methyl sites for hydroxylation is 1. The van der Waals surface area contributed by atoms with Crippen LogP contribution in [0, 0.1) is 6.92 Å². The van der Waals surface area contributed by atoms with E-state index < -0.39 is 24.2 Å². The Morgan fingerprint density at radius 2 is 2.04 bits per heavy atom. The van der Waals surface area contributed by atoms with Crippen molar-refractivity contribution in [1.29, 1.82) is 0 Å².